The molecule has 0 aliphatic heterocycles. The van der Waals surface area contributed by atoms with Gasteiger partial charge in [0.15, 0.2) is 0 Å². The lowest BCUT2D eigenvalue weighted by atomic mass is 9.89. The summed E-state index contributed by atoms with van der Waals surface area (Å²) in [5, 5.41) is 0. The highest BCUT2D eigenvalue weighted by molar-refractivity contribution is 5.14. The highest BCUT2D eigenvalue weighted by Gasteiger charge is 2.09. The molecule has 0 aromatic carbocycles. The van der Waals surface area contributed by atoms with Crippen molar-refractivity contribution in [1.82, 2.24) is 0 Å². The van der Waals surface area contributed by atoms with E-state index in [2.05, 4.69) is 198 Å². The predicted octanol–water partition coefficient (Wildman–Crippen LogP) is 12.6. The lowest BCUT2D eigenvalue weighted by molar-refractivity contribution is 0.502. The first-order valence-corrected chi connectivity index (χ1v) is 13.7. The molecule has 0 heterocycles. The van der Waals surface area contributed by atoms with Crippen LogP contribution in [0.25, 0.3) is 0 Å². The summed E-state index contributed by atoms with van der Waals surface area (Å²) >= 11 is 0. The standard InChI is InChI=1S/C14H24.C12H22.C10H20/c1-13(2,3)11-9-7-8-10-12-14(4,5)6;1-11(2,3)9-7-8-10-12(4,5)6;1-9(2,3)7-8-10(4,5)6/h7-12H,1-6H3;7-10H,1-6H3;7-8H,1-6H3/b8-7+,11-9+,12-10+;9-7+,10-8+;8-7+. The largest absolute Gasteiger partial charge is 0.0826 e. The van der Waals surface area contributed by atoms with Crippen molar-refractivity contribution in [3.05, 3.63) is 72.9 Å². The van der Waals surface area contributed by atoms with Crippen molar-refractivity contribution in [2.45, 2.75) is 125 Å². The summed E-state index contributed by atoms with van der Waals surface area (Å²) in [6.45, 7) is 39.7. The van der Waals surface area contributed by atoms with E-state index >= 15 is 0 Å². The summed E-state index contributed by atoms with van der Waals surface area (Å²) in [4.78, 5) is 0. The van der Waals surface area contributed by atoms with Gasteiger partial charge in [-0.2, -0.15) is 0 Å². The number of hydrogen-bond acceptors (Lipinski definition) is 0. The first-order valence-electron chi connectivity index (χ1n) is 13.7. The zero-order valence-electron chi connectivity index (χ0n) is 27.9. The molecule has 0 saturated heterocycles. The number of allylic oxidation sites excluding steroid dienone is 12. The predicted molar refractivity (Wildman–Crippen MR) is 172 cm³/mol. The molecule has 0 spiro atoms. The molecule has 0 unspecified atom stereocenters. The molecular weight excluding hydrogens is 432 g/mol. The minimum Gasteiger partial charge on any atom is -0.0826 e. The Hall–Kier alpha value is -1.56. The Kier molecular flexibility index (Phi) is 17.7. The third kappa shape index (κ3) is 49.5. The van der Waals surface area contributed by atoms with Gasteiger partial charge in [-0.05, 0) is 32.5 Å². The van der Waals surface area contributed by atoms with Gasteiger partial charge >= 0.3 is 0 Å². The highest BCUT2D eigenvalue weighted by atomic mass is 14.1. The zero-order chi connectivity index (χ0) is 29.5. The summed E-state index contributed by atoms with van der Waals surface area (Å²) in [5.41, 5.74) is 1.79. The van der Waals surface area contributed by atoms with Crippen LogP contribution in [-0.4, -0.2) is 0 Å². The van der Waals surface area contributed by atoms with E-state index in [0.717, 1.165) is 0 Å². The van der Waals surface area contributed by atoms with Gasteiger partial charge in [0, 0.05) is 0 Å². The van der Waals surface area contributed by atoms with Crippen LogP contribution in [0.1, 0.15) is 125 Å². The zero-order valence-corrected chi connectivity index (χ0v) is 27.9. The second-order valence-electron chi connectivity index (χ2n) is 16.4. The SMILES string of the molecule is CC(C)(C)/C=C/C(C)(C)C.CC(C)(C)/C=C/C=C/C(C)(C)C.CC(C)(C)/C=C/C=C/C=C/C(C)(C)C. The third-order valence-corrected chi connectivity index (χ3v) is 3.91. The Labute approximate surface area is 229 Å². The second-order valence-corrected chi connectivity index (χ2v) is 16.4. The monoisotopic (exact) mass is 499 g/mol. The van der Waals surface area contributed by atoms with Crippen LogP contribution in [0.5, 0.6) is 0 Å². The van der Waals surface area contributed by atoms with Crippen molar-refractivity contribution in [3.63, 3.8) is 0 Å². The lowest BCUT2D eigenvalue weighted by Crippen LogP contribution is -2.04. The van der Waals surface area contributed by atoms with E-state index in [0.29, 0.717) is 21.7 Å². The van der Waals surface area contributed by atoms with E-state index in [1.54, 1.807) is 0 Å². The Morgan fingerprint density at radius 2 is 0.333 bits per heavy atom. The van der Waals surface area contributed by atoms with E-state index in [9.17, 15) is 0 Å². The smallest absolute Gasteiger partial charge is 0.0200 e. The van der Waals surface area contributed by atoms with E-state index in [-0.39, 0.29) is 10.8 Å². The molecule has 210 valence electrons. The summed E-state index contributed by atoms with van der Waals surface area (Å²) in [7, 11) is 0. The van der Waals surface area contributed by atoms with Crippen molar-refractivity contribution in [3.8, 4) is 0 Å². The van der Waals surface area contributed by atoms with E-state index in [4.69, 9.17) is 0 Å². The van der Waals surface area contributed by atoms with E-state index in [1.165, 1.54) is 0 Å². The summed E-state index contributed by atoms with van der Waals surface area (Å²) in [6, 6.07) is 0. The van der Waals surface area contributed by atoms with Gasteiger partial charge in [0.2, 0.25) is 0 Å². The average Bonchev–Trinajstić information content (AvgIpc) is 2.57. The average molecular weight is 499 g/mol. The van der Waals surface area contributed by atoms with E-state index in [1.807, 2.05) is 0 Å². The van der Waals surface area contributed by atoms with Gasteiger partial charge in [0.05, 0.1) is 0 Å². The van der Waals surface area contributed by atoms with Crippen molar-refractivity contribution in [2.75, 3.05) is 0 Å². The molecule has 0 heteroatoms. The van der Waals surface area contributed by atoms with Crippen molar-refractivity contribution < 1.29 is 0 Å². The van der Waals surface area contributed by atoms with Crippen molar-refractivity contribution in [2.24, 2.45) is 32.5 Å². The Morgan fingerprint density at radius 1 is 0.194 bits per heavy atom. The maximum absolute atomic E-state index is 2.27. The fraction of sp³-hybridized carbons (Fsp3) is 0.667. The van der Waals surface area contributed by atoms with Gasteiger partial charge in [0.25, 0.3) is 0 Å². The lowest BCUT2D eigenvalue weighted by Gasteiger charge is -2.17. The molecule has 0 aliphatic rings. The van der Waals surface area contributed by atoms with Crippen LogP contribution in [0.15, 0.2) is 72.9 Å². The first kappa shape index (κ1) is 39.0. The fourth-order valence-corrected chi connectivity index (χ4v) is 2.01. The van der Waals surface area contributed by atoms with Gasteiger partial charge in [0.1, 0.15) is 0 Å². The van der Waals surface area contributed by atoms with Gasteiger partial charge in [-0.1, -0.05) is 198 Å². The Bertz CT molecular complexity index is 653. The molecule has 0 radical (unpaired) electrons. The van der Waals surface area contributed by atoms with Gasteiger partial charge in [-0.25, -0.2) is 0 Å². The molecular formula is C36H66. The maximum Gasteiger partial charge on any atom is -0.0200 e. The van der Waals surface area contributed by atoms with Gasteiger partial charge < -0.3 is 0 Å². The fourth-order valence-electron chi connectivity index (χ4n) is 2.01. The van der Waals surface area contributed by atoms with Crippen LogP contribution in [0, 0.1) is 32.5 Å². The van der Waals surface area contributed by atoms with Crippen molar-refractivity contribution in [1.29, 1.82) is 0 Å². The van der Waals surface area contributed by atoms with Crippen LogP contribution in [-0.2, 0) is 0 Å². The summed E-state index contributed by atoms with van der Waals surface area (Å²) in [5.74, 6) is 0. The van der Waals surface area contributed by atoms with Crippen LogP contribution >= 0.6 is 0 Å². The number of hydrogen-bond donors (Lipinski definition) is 0. The first-order chi connectivity index (χ1) is 15.6. The molecule has 36 heavy (non-hydrogen) atoms. The molecule has 0 N–H and O–H groups in total. The Balaban J connectivity index is -0.000000460. The van der Waals surface area contributed by atoms with Gasteiger partial charge in [-0.15, -0.1) is 0 Å². The minimum atomic E-state index is 0.276. The second kappa shape index (κ2) is 16.3. The summed E-state index contributed by atoms with van der Waals surface area (Å²) in [6.07, 6.45) is 26.0. The molecule has 0 aliphatic carbocycles. The number of rotatable bonds is 3. The normalized spacial score (nSPS) is 14.8. The van der Waals surface area contributed by atoms with E-state index < -0.39 is 0 Å². The van der Waals surface area contributed by atoms with Gasteiger partial charge in [-0.3, -0.25) is 0 Å². The highest BCUT2D eigenvalue weighted by Crippen LogP contribution is 2.21. The van der Waals surface area contributed by atoms with Crippen LogP contribution in [0.2, 0.25) is 0 Å². The Morgan fingerprint density at radius 3 is 0.472 bits per heavy atom. The van der Waals surface area contributed by atoms with Crippen LogP contribution in [0.4, 0.5) is 0 Å². The van der Waals surface area contributed by atoms with Crippen LogP contribution < -0.4 is 0 Å². The molecule has 0 saturated carbocycles. The topological polar surface area (TPSA) is 0 Å². The molecule has 0 atom stereocenters. The van der Waals surface area contributed by atoms with Crippen LogP contribution in [0.3, 0.4) is 0 Å². The third-order valence-electron chi connectivity index (χ3n) is 3.91. The maximum atomic E-state index is 2.27. The molecule has 0 amide bonds. The minimum absolute atomic E-state index is 0.276. The molecule has 0 nitrogen and oxygen atoms in total. The molecule has 0 rings (SSSR count). The van der Waals surface area contributed by atoms with Crippen molar-refractivity contribution >= 4 is 0 Å². The molecule has 0 fully saturated rings. The molecule has 0 bridgehead atoms. The summed E-state index contributed by atoms with van der Waals surface area (Å²) < 4.78 is 0. The quantitative estimate of drug-likeness (QED) is 0.268. The molecule has 0 aromatic heterocycles. The molecule has 0 aromatic rings.